The highest BCUT2D eigenvalue weighted by Gasteiger charge is 2.27. The molecule has 1 amide bonds. The Balaban J connectivity index is 1.57. The molecule has 31 heavy (non-hydrogen) atoms. The number of amides is 1. The van der Waals surface area contributed by atoms with Gasteiger partial charge >= 0.3 is 5.97 Å². The molecule has 0 atom stereocenters. The standard InChI is InChI=1S/C22H24N2O6S/c1-29-20-11-5-16(13-19(20)22(26)30-2)14-23-21(25)12-6-15-3-9-18(10-4-15)31(27,28)24-17-7-8-17/h3-6,9-13,17,24H,7-8,14H2,1-2H3,(H,23,25)/b12-6+. The Bertz CT molecular complexity index is 1090. The van der Waals surface area contributed by atoms with Crippen LogP contribution in [0.3, 0.4) is 0 Å². The van der Waals surface area contributed by atoms with E-state index in [-0.39, 0.29) is 29.0 Å². The summed E-state index contributed by atoms with van der Waals surface area (Å²) in [6, 6.07) is 11.3. The molecule has 0 aromatic heterocycles. The van der Waals surface area contributed by atoms with Crippen molar-refractivity contribution in [3.8, 4) is 5.75 Å². The van der Waals surface area contributed by atoms with E-state index >= 15 is 0 Å². The van der Waals surface area contributed by atoms with Crippen LogP contribution in [-0.2, 0) is 26.1 Å². The first-order valence-electron chi connectivity index (χ1n) is 9.66. The number of ether oxygens (including phenoxy) is 2. The van der Waals surface area contributed by atoms with Crippen molar-refractivity contribution in [2.75, 3.05) is 14.2 Å². The van der Waals surface area contributed by atoms with Crippen LogP contribution in [0.4, 0.5) is 0 Å². The second-order valence-corrected chi connectivity index (χ2v) is 8.76. The second kappa shape index (κ2) is 9.76. The third-order valence-corrected chi connectivity index (χ3v) is 6.19. The first-order chi connectivity index (χ1) is 14.8. The third kappa shape index (κ3) is 6.16. The van der Waals surface area contributed by atoms with E-state index in [1.54, 1.807) is 36.4 Å². The fraction of sp³-hybridized carbons (Fsp3) is 0.273. The summed E-state index contributed by atoms with van der Waals surface area (Å²) in [7, 11) is -0.754. The number of carbonyl (C=O) groups excluding carboxylic acids is 2. The number of esters is 1. The maximum Gasteiger partial charge on any atom is 0.341 e. The van der Waals surface area contributed by atoms with Gasteiger partial charge in [-0.05, 0) is 54.3 Å². The van der Waals surface area contributed by atoms with Gasteiger partial charge in [-0.25, -0.2) is 17.9 Å². The van der Waals surface area contributed by atoms with Gasteiger partial charge in [0, 0.05) is 18.7 Å². The van der Waals surface area contributed by atoms with Crippen LogP contribution in [0.15, 0.2) is 53.4 Å². The van der Waals surface area contributed by atoms with Crippen molar-refractivity contribution in [2.24, 2.45) is 0 Å². The monoisotopic (exact) mass is 444 g/mol. The van der Waals surface area contributed by atoms with Crippen LogP contribution >= 0.6 is 0 Å². The molecule has 9 heteroatoms. The van der Waals surface area contributed by atoms with E-state index < -0.39 is 16.0 Å². The van der Waals surface area contributed by atoms with E-state index in [0.717, 1.165) is 12.8 Å². The van der Waals surface area contributed by atoms with E-state index in [4.69, 9.17) is 9.47 Å². The maximum absolute atomic E-state index is 12.2. The molecule has 0 spiro atoms. The zero-order valence-corrected chi connectivity index (χ0v) is 18.1. The Morgan fingerprint density at radius 3 is 2.42 bits per heavy atom. The molecule has 0 aliphatic heterocycles. The predicted octanol–water partition coefficient (Wildman–Crippen LogP) is 2.25. The summed E-state index contributed by atoms with van der Waals surface area (Å²) in [5.41, 5.74) is 1.68. The van der Waals surface area contributed by atoms with Gasteiger partial charge < -0.3 is 14.8 Å². The van der Waals surface area contributed by atoms with Gasteiger partial charge in [-0.2, -0.15) is 0 Å². The predicted molar refractivity (Wildman–Crippen MR) is 115 cm³/mol. The van der Waals surface area contributed by atoms with Gasteiger partial charge in [0.05, 0.1) is 19.1 Å². The summed E-state index contributed by atoms with van der Waals surface area (Å²) < 4.78 is 36.9. The Labute approximate surface area is 181 Å². The van der Waals surface area contributed by atoms with E-state index in [2.05, 4.69) is 10.0 Å². The summed E-state index contributed by atoms with van der Waals surface area (Å²) in [5, 5.41) is 2.73. The van der Waals surface area contributed by atoms with Gasteiger partial charge in [-0.3, -0.25) is 4.79 Å². The normalized spacial score (nSPS) is 13.7. The Hall–Kier alpha value is -3.17. The van der Waals surface area contributed by atoms with Crippen LogP contribution in [0.25, 0.3) is 6.08 Å². The molecule has 2 N–H and O–H groups in total. The average molecular weight is 445 g/mol. The van der Waals surface area contributed by atoms with Crippen LogP contribution in [0.1, 0.15) is 34.3 Å². The Morgan fingerprint density at radius 1 is 1.10 bits per heavy atom. The zero-order chi connectivity index (χ0) is 22.4. The Kier molecular flexibility index (Phi) is 7.09. The van der Waals surface area contributed by atoms with Crippen LogP contribution in [0.5, 0.6) is 5.75 Å². The molecule has 3 rings (SSSR count). The van der Waals surface area contributed by atoms with E-state index in [0.29, 0.717) is 16.9 Å². The fourth-order valence-corrected chi connectivity index (χ4v) is 4.11. The number of nitrogens with one attached hydrogen (secondary N) is 2. The molecule has 1 aliphatic carbocycles. The lowest BCUT2D eigenvalue weighted by molar-refractivity contribution is -0.116. The largest absolute Gasteiger partial charge is 0.496 e. The molecule has 1 aliphatic rings. The molecule has 2 aromatic rings. The summed E-state index contributed by atoms with van der Waals surface area (Å²) in [6.07, 6.45) is 4.69. The molecule has 0 unspecified atom stereocenters. The highest BCUT2D eigenvalue weighted by atomic mass is 32.2. The lowest BCUT2D eigenvalue weighted by Crippen LogP contribution is -2.25. The highest BCUT2D eigenvalue weighted by molar-refractivity contribution is 7.89. The van der Waals surface area contributed by atoms with Crippen molar-refractivity contribution in [3.63, 3.8) is 0 Å². The summed E-state index contributed by atoms with van der Waals surface area (Å²) in [6.45, 7) is 0.210. The minimum atomic E-state index is -3.50. The molecular formula is C22H24N2O6S. The quantitative estimate of drug-likeness (QED) is 0.453. The minimum Gasteiger partial charge on any atom is -0.496 e. The molecule has 0 heterocycles. The summed E-state index contributed by atoms with van der Waals surface area (Å²) in [4.78, 5) is 24.2. The van der Waals surface area contributed by atoms with E-state index in [9.17, 15) is 18.0 Å². The number of methoxy groups -OCH3 is 2. The molecule has 2 aromatic carbocycles. The van der Waals surface area contributed by atoms with Gasteiger partial charge in [0.1, 0.15) is 11.3 Å². The minimum absolute atomic E-state index is 0.0441. The lowest BCUT2D eigenvalue weighted by Gasteiger charge is -2.09. The number of hydrogen-bond donors (Lipinski definition) is 2. The SMILES string of the molecule is COC(=O)c1cc(CNC(=O)/C=C/c2ccc(S(=O)(=O)NC3CC3)cc2)ccc1OC. The van der Waals surface area contributed by atoms with Gasteiger partial charge in [-0.15, -0.1) is 0 Å². The smallest absolute Gasteiger partial charge is 0.341 e. The van der Waals surface area contributed by atoms with Crippen molar-refractivity contribution >= 4 is 28.0 Å². The van der Waals surface area contributed by atoms with Crippen LogP contribution < -0.4 is 14.8 Å². The first-order valence-corrected chi connectivity index (χ1v) is 11.1. The molecule has 0 radical (unpaired) electrons. The molecule has 0 saturated heterocycles. The molecule has 1 saturated carbocycles. The van der Waals surface area contributed by atoms with Crippen LogP contribution in [-0.4, -0.2) is 40.6 Å². The fourth-order valence-electron chi connectivity index (χ4n) is 2.80. The van der Waals surface area contributed by atoms with Crippen LogP contribution in [0.2, 0.25) is 0 Å². The van der Waals surface area contributed by atoms with Crippen molar-refractivity contribution in [1.82, 2.24) is 10.0 Å². The maximum atomic E-state index is 12.2. The van der Waals surface area contributed by atoms with E-state index in [1.165, 1.54) is 32.4 Å². The van der Waals surface area contributed by atoms with Gasteiger partial charge in [-0.1, -0.05) is 18.2 Å². The van der Waals surface area contributed by atoms with Crippen molar-refractivity contribution in [1.29, 1.82) is 0 Å². The zero-order valence-electron chi connectivity index (χ0n) is 17.3. The molecule has 8 nitrogen and oxygen atoms in total. The molecule has 1 fully saturated rings. The van der Waals surface area contributed by atoms with Gasteiger partial charge in [0.15, 0.2) is 0 Å². The highest BCUT2D eigenvalue weighted by Crippen LogP contribution is 2.23. The molecule has 164 valence electrons. The van der Waals surface area contributed by atoms with Gasteiger partial charge in [0.2, 0.25) is 15.9 Å². The first kappa shape index (κ1) is 22.5. The molecule has 0 bridgehead atoms. The summed E-state index contributed by atoms with van der Waals surface area (Å²) >= 11 is 0. The number of sulfonamides is 1. The lowest BCUT2D eigenvalue weighted by atomic mass is 10.1. The van der Waals surface area contributed by atoms with E-state index in [1.807, 2.05) is 0 Å². The number of rotatable bonds is 9. The van der Waals surface area contributed by atoms with Crippen molar-refractivity contribution in [3.05, 3.63) is 65.2 Å². The second-order valence-electron chi connectivity index (χ2n) is 7.04. The Morgan fingerprint density at radius 2 is 1.81 bits per heavy atom. The summed E-state index contributed by atoms with van der Waals surface area (Å²) in [5.74, 6) is -0.468. The number of benzene rings is 2. The van der Waals surface area contributed by atoms with Crippen LogP contribution in [0, 0.1) is 0 Å². The molecular weight excluding hydrogens is 420 g/mol. The topological polar surface area (TPSA) is 111 Å². The third-order valence-electron chi connectivity index (χ3n) is 4.65. The number of hydrogen-bond acceptors (Lipinski definition) is 6. The van der Waals surface area contributed by atoms with Gasteiger partial charge in [0.25, 0.3) is 0 Å². The van der Waals surface area contributed by atoms with Crippen molar-refractivity contribution in [2.45, 2.75) is 30.3 Å². The van der Waals surface area contributed by atoms with Crippen molar-refractivity contribution < 1.29 is 27.5 Å². The number of carbonyl (C=O) groups is 2. The average Bonchev–Trinajstić information content (AvgIpc) is 3.59.